The second-order valence-electron chi connectivity index (χ2n) is 4.12. The van der Waals surface area contributed by atoms with Crippen LogP contribution in [0.1, 0.15) is 15.9 Å². The van der Waals surface area contributed by atoms with Crippen LogP contribution in [0.5, 0.6) is 5.75 Å². The number of nitrogen functional groups attached to an aromatic ring is 1. The van der Waals surface area contributed by atoms with Crippen LogP contribution in [-0.4, -0.2) is 18.0 Å². The van der Waals surface area contributed by atoms with Gasteiger partial charge < -0.3 is 15.8 Å². The molecule has 0 aliphatic rings. The summed E-state index contributed by atoms with van der Waals surface area (Å²) >= 11 is 0. The molecule has 1 aromatic heterocycles. The highest BCUT2D eigenvalue weighted by molar-refractivity contribution is 6.04. The van der Waals surface area contributed by atoms with Crippen molar-refractivity contribution in [2.45, 2.75) is 6.92 Å². The van der Waals surface area contributed by atoms with Gasteiger partial charge in [0.25, 0.3) is 5.91 Å². The third-order valence-corrected chi connectivity index (χ3v) is 2.68. The van der Waals surface area contributed by atoms with Crippen molar-refractivity contribution < 1.29 is 9.53 Å². The molecule has 0 radical (unpaired) electrons. The van der Waals surface area contributed by atoms with Crippen molar-refractivity contribution in [3.8, 4) is 5.75 Å². The summed E-state index contributed by atoms with van der Waals surface area (Å²) in [5, 5.41) is 2.74. The van der Waals surface area contributed by atoms with Gasteiger partial charge in [0.15, 0.2) is 0 Å². The third kappa shape index (κ3) is 3.01. The van der Waals surface area contributed by atoms with Gasteiger partial charge in [0.1, 0.15) is 11.6 Å². The molecule has 0 atom stereocenters. The quantitative estimate of drug-likeness (QED) is 0.884. The minimum absolute atomic E-state index is 0.219. The Morgan fingerprint density at radius 2 is 2.00 bits per heavy atom. The number of aromatic nitrogens is 1. The Balaban J connectivity index is 2.15. The van der Waals surface area contributed by atoms with Crippen LogP contribution < -0.4 is 15.8 Å². The van der Waals surface area contributed by atoms with Crippen LogP contribution >= 0.6 is 0 Å². The Labute approximate surface area is 111 Å². The molecule has 3 N–H and O–H groups in total. The van der Waals surface area contributed by atoms with E-state index in [1.807, 2.05) is 6.92 Å². The van der Waals surface area contributed by atoms with Gasteiger partial charge in [-0.2, -0.15) is 0 Å². The van der Waals surface area contributed by atoms with Crippen LogP contribution in [0, 0.1) is 6.92 Å². The first kappa shape index (κ1) is 12.9. The van der Waals surface area contributed by atoms with E-state index in [0.29, 0.717) is 22.8 Å². The summed E-state index contributed by atoms with van der Waals surface area (Å²) in [6, 6.07) is 8.62. The van der Waals surface area contributed by atoms with Crippen molar-refractivity contribution >= 4 is 17.4 Å². The van der Waals surface area contributed by atoms with E-state index in [1.165, 1.54) is 6.20 Å². The van der Waals surface area contributed by atoms with E-state index in [2.05, 4.69) is 10.3 Å². The molecule has 5 heteroatoms. The minimum atomic E-state index is -0.219. The molecule has 0 aliphatic carbocycles. The average Bonchev–Trinajstić information content (AvgIpc) is 2.42. The first-order valence-electron chi connectivity index (χ1n) is 5.77. The second-order valence-corrected chi connectivity index (χ2v) is 4.12. The lowest BCUT2D eigenvalue weighted by Gasteiger charge is -2.08. The number of hydrogen-bond acceptors (Lipinski definition) is 4. The Morgan fingerprint density at radius 3 is 2.58 bits per heavy atom. The molecule has 98 valence electrons. The maximum atomic E-state index is 12.0. The molecule has 2 aromatic rings. The molecule has 0 spiro atoms. The predicted octanol–water partition coefficient (Wildman–Crippen LogP) is 2.23. The number of nitrogens with zero attached hydrogens (tertiary/aromatic N) is 1. The topological polar surface area (TPSA) is 77.2 Å². The van der Waals surface area contributed by atoms with E-state index in [0.717, 1.165) is 5.56 Å². The van der Waals surface area contributed by atoms with Gasteiger partial charge in [-0.25, -0.2) is 4.98 Å². The summed E-state index contributed by atoms with van der Waals surface area (Å²) in [5.74, 6) is 0.997. The normalized spacial score (nSPS) is 10.0. The number of rotatable bonds is 3. The molecule has 0 saturated heterocycles. The summed E-state index contributed by atoms with van der Waals surface area (Å²) in [4.78, 5) is 16.1. The maximum absolute atomic E-state index is 12.0. The van der Waals surface area contributed by atoms with Crippen LogP contribution in [0.3, 0.4) is 0 Å². The van der Waals surface area contributed by atoms with E-state index in [1.54, 1.807) is 37.4 Å². The number of nitrogens with one attached hydrogen (secondary N) is 1. The smallest absolute Gasteiger partial charge is 0.256 e. The highest BCUT2D eigenvalue weighted by atomic mass is 16.5. The zero-order valence-corrected chi connectivity index (χ0v) is 10.8. The number of nitrogens with two attached hydrogens (primary N) is 1. The molecule has 0 fully saturated rings. The summed E-state index contributed by atoms with van der Waals surface area (Å²) in [7, 11) is 1.58. The molecule has 1 aromatic carbocycles. The van der Waals surface area contributed by atoms with Crippen LogP contribution in [0.2, 0.25) is 0 Å². The second kappa shape index (κ2) is 5.39. The van der Waals surface area contributed by atoms with E-state index >= 15 is 0 Å². The van der Waals surface area contributed by atoms with E-state index in [9.17, 15) is 4.79 Å². The standard InChI is InChI=1S/C14H15N3O2/c1-9-7-11(15)8-16-13(9)17-14(18)10-3-5-12(19-2)6-4-10/h3-8H,15H2,1-2H3,(H,16,17,18). The molecule has 0 bridgehead atoms. The van der Waals surface area contributed by atoms with Gasteiger partial charge in [-0.1, -0.05) is 0 Å². The van der Waals surface area contributed by atoms with Crippen LogP contribution in [-0.2, 0) is 0 Å². The fourth-order valence-corrected chi connectivity index (χ4v) is 1.65. The van der Waals surface area contributed by atoms with Crippen molar-refractivity contribution in [2.24, 2.45) is 0 Å². The molecule has 0 unspecified atom stereocenters. The van der Waals surface area contributed by atoms with Crippen molar-refractivity contribution in [3.05, 3.63) is 47.7 Å². The van der Waals surface area contributed by atoms with Gasteiger partial charge in [-0.15, -0.1) is 0 Å². The minimum Gasteiger partial charge on any atom is -0.497 e. The predicted molar refractivity (Wildman–Crippen MR) is 74.3 cm³/mol. The lowest BCUT2D eigenvalue weighted by molar-refractivity contribution is 0.102. The van der Waals surface area contributed by atoms with Crippen LogP contribution in [0.25, 0.3) is 0 Å². The zero-order valence-electron chi connectivity index (χ0n) is 10.8. The van der Waals surface area contributed by atoms with Crippen LogP contribution in [0.15, 0.2) is 36.5 Å². The molecule has 2 rings (SSSR count). The van der Waals surface area contributed by atoms with Gasteiger partial charge >= 0.3 is 0 Å². The van der Waals surface area contributed by atoms with Crippen molar-refractivity contribution in [1.29, 1.82) is 0 Å². The maximum Gasteiger partial charge on any atom is 0.256 e. The van der Waals surface area contributed by atoms with Gasteiger partial charge in [-0.3, -0.25) is 4.79 Å². The fourth-order valence-electron chi connectivity index (χ4n) is 1.65. The van der Waals surface area contributed by atoms with Crippen molar-refractivity contribution in [2.75, 3.05) is 18.2 Å². The Hall–Kier alpha value is -2.56. The van der Waals surface area contributed by atoms with E-state index in [-0.39, 0.29) is 5.91 Å². The first-order valence-corrected chi connectivity index (χ1v) is 5.77. The van der Waals surface area contributed by atoms with E-state index in [4.69, 9.17) is 10.5 Å². The highest BCUT2D eigenvalue weighted by Crippen LogP contribution is 2.16. The molecular formula is C14H15N3O2. The van der Waals surface area contributed by atoms with Crippen LogP contribution in [0.4, 0.5) is 11.5 Å². The SMILES string of the molecule is COc1ccc(C(=O)Nc2ncc(N)cc2C)cc1. The Bertz CT molecular complexity index is 594. The number of carbonyl (C=O) groups is 1. The number of carbonyl (C=O) groups excluding carboxylic acids is 1. The third-order valence-electron chi connectivity index (χ3n) is 2.68. The molecule has 0 saturated carbocycles. The summed E-state index contributed by atoms with van der Waals surface area (Å²) in [6.45, 7) is 1.84. The number of methoxy groups -OCH3 is 1. The Kier molecular flexibility index (Phi) is 3.66. The lowest BCUT2D eigenvalue weighted by atomic mass is 10.2. The lowest BCUT2D eigenvalue weighted by Crippen LogP contribution is -2.14. The molecular weight excluding hydrogens is 242 g/mol. The monoisotopic (exact) mass is 257 g/mol. The first-order chi connectivity index (χ1) is 9.10. The zero-order chi connectivity index (χ0) is 13.8. The average molecular weight is 257 g/mol. The van der Waals surface area contributed by atoms with Gasteiger partial charge in [-0.05, 0) is 42.8 Å². The molecule has 1 amide bonds. The number of ether oxygens (including phenoxy) is 1. The largest absolute Gasteiger partial charge is 0.497 e. The molecule has 19 heavy (non-hydrogen) atoms. The fraction of sp³-hybridized carbons (Fsp3) is 0.143. The summed E-state index contributed by atoms with van der Waals surface area (Å²) < 4.78 is 5.04. The van der Waals surface area contributed by atoms with Crippen molar-refractivity contribution in [3.63, 3.8) is 0 Å². The van der Waals surface area contributed by atoms with Gasteiger partial charge in [0, 0.05) is 5.56 Å². The number of pyridine rings is 1. The summed E-state index contributed by atoms with van der Waals surface area (Å²) in [6.07, 6.45) is 1.51. The number of hydrogen-bond donors (Lipinski definition) is 2. The number of amides is 1. The number of anilines is 2. The molecule has 0 aliphatic heterocycles. The van der Waals surface area contributed by atoms with Gasteiger partial charge in [0.2, 0.25) is 0 Å². The van der Waals surface area contributed by atoms with Crippen molar-refractivity contribution in [1.82, 2.24) is 4.98 Å². The molecule has 1 heterocycles. The Morgan fingerprint density at radius 1 is 1.32 bits per heavy atom. The molecule has 5 nitrogen and oxygen atoms in total. The highest BCUT2D eigenvalue weighted by Gasteiger charge is 2.08. The summed E-state index contributed by atoms with van der Waals surface area (Å²) in [5.41, 5.74) is 7.54. The van der Waals surface area contributed by atoms with Gasteiger partial charge in [0.05, 0.1) is 19.0 Å². The number of aryl methyl sites for hydroxylation is 1. The van der Waals surface area contributed by atoms with E-state index < -0.39 is 0 Å². The number of benzene rings is 1.